The summed E-state index contributed by atoms with van der Waals surface area (Å²) in [5.74, 6) is 0.818. The van der Waals surface area contributed by atoms with Gasteiger partial charge >= 0.3 is 0 Å². The van der Waals surface area contributed by atoms with Crippen LogP contribution in [0.25, 0.3) is 27.5 Å². The topological polar surface area (TPSA) is 60.1 Å². The number of Topliss-reactive ketones (excluding diaryl/α,β-unsaturated/α-hetero) is 1. The first-order chi connectivity index (χ1) is 15.0. The minimum atomic E-state index is -0.596. The Morgan fingerprint density at radius 1 is 1.06 bits per heavy atom. The van der Waals surface area contributed by atoms with Crippen molar-refractivity contribution >= 4 is 5.78 Å². The molecule has 1 unspecified atom stereocenters. The Morgan fingerprint density at radius 2 is 1.81 bits per heavy atom. The van der Waals surface area contributed by atoms with Crippen LogP contribution in [0.3, 0.4) is 0 Å². The van der Waals surface area contributed by atoms with Gasteiger partial charge < -0.3 is 4.85 Å². The van der Waals surface area contributed by atoms with Crippen LogP contribution in [-0.4, -0.2) is 26.8 Å². The van der Waals surface area contributed by atoms with Gasteiger partial charge in [0.1, 0.15) is 0 Å². The van der Waals surface area contributed by atoms with E-state index >= 15 is 0 Å². The van der Waals surface area contributed by atoms with E-state index in [1.165, 1.54) is 0 Å². The van der Waals surface area contributed by atoms with Crippen LogP contribution in [0.4, 0.5) is 0 Å². The predicted molar refractivity (Wildman–Crippen MR) is 119 cm³/mol. The lowest BCUT2D eigenvalue weighted by atomic mass is 9.55. The number of hydrogen-bond donors (Lipinski definition) is 0. The van der Waals surface area contributed by atoms with E-state index < -0.39 is 6.04 Å². The van der Waals surface area contributed by atoms with Crippen molar-refractivity contribution < 1.29 is 4.79 Å². The monoisotopic (exact) mass is 408 g/mol. The third kappa shape index (κ3) is 3.06. The van der Waals surface area contributed by atoms with E-state index in [0.717, 1.165) is 40.9 Å². The van der Waals surface area contributed by atoms with Crippen LogP contribution in [0.15, 0.2) is 54.9 Å². The summed E-state index contributed by atoms with van der Waals surface area (Å²) in [5.41, 5.74) is 4.79. The molecule has 0 bridgehead atoms. The average Bonchev–Trinajstić information content (AvgIpc) is 2.82. The number of hydrogen-bond acceptors (Lipinski definition) is 4. The molecule has 2 heterocycles. The minimum absolute atomic E-state index is 0.0904. The molecule has 1 aromatic carbocycles. The summed E-state index contributed by atoms with van der Waals surface area (Å²) in [5, 5.41) is 0. The Bertz CT molecular complexity index is 1190. The summed E-state index contributed by atoms with van der Waals surface area (Å²) in [6, 6.07) is 13.5. The van der Waals surface area contributed by atoms with Gasteiger partial charge in [0.15, 0.2) is 5.82 Å². The molecule has 5 heteroatoms. The molecule has 2 aromatic heterocycles. The molecule has 0 saturated heterocycles. The van der Waals surface area contributed by atoms with Crippen molar-refractivity contribution in [3.63, 3.8) is 0 Å². The largest absolute Gasteiger partial charge is 0.305 e. The number of pyridine rings is 1. The van der Waals surface area contributed by atoms with E-state index in [2.05, 4.69) is 28.9 Å². The number of aromatic nitrogens is 3. The smallest absolute Gasteiger partial charge is 0.282 e. The van der Waals surface area contributed by atoms with Gasteiger partial charge in [0.05, 0.1) is 11.4 Å². The normalized spacial score (nSPS) is 27.1. The number of rotatable bonds is 2. The molecule has 1 saturated carbocycles. The summed E-state index contributed by atoms with van der Waals surface area (Å²) >= 11 is 0. The standard InChI is InChI=1S/C26H24N4O/c1-16-20-10-9-19-22(17-7-5-4-6-8-17)29-25(18-11-13-28-14-12-18)30-24(19)26(20,2)15-21(27-3)23(16)31/h4-8,11-14,16,20-21H,9-10,15H2,1-2H3/t16-,20-,21?,26-/m1/s1. The van der Waals surface area contributed by atoms with Gasteiger partial charge in [-0.3, -0.25) is 9.78 Å². The van der Waals surface area contributed by atoms with Gasteiger partial charge in [0.25, 0.3) is 6.04 Å². The molecule has 5 rings (SSSR count). The molecule has 4 atom stereocenters. The zero-order valence-electron chi connectivity index (χ0n) is 17.7. The maximum absolute atomic E-state index is 12.8. The molecule has 0 radical (unpaired) electrons. The molecule has 0 amide bonds. The maximum Gasteiger partial charge on any atom is 0.282 e. The van der Waals surface area contributed by atoms with E-state index in [9.17, 15) is 4.79 Å². The molecular weight excluding hydrogens is 384 g/mol. The lowest BCUT2D eigenvalue weighted by Gasteiger charge is -2.47. The van der Waals surface area contributed by atoms with Gasteiger partial charge in [-0.2, -0.15) is 0 Å². The number of carbonyl (C=O) groups excluding carboxylic acids is 1. The molecule has 1 fully saturated rings. The highest BCUT2D eigenvalue weighted by molar-refractivity contribution is 5.89. The van der Waals surface area contributed by atoms with Crippen molar-refractivity contribution in [2.75, 3.05) is 0 Å². The summed E-state index contributed by atoms with van der Waals surface area (Å²) in [4.78, 5) is 30.7. The fourth-order valence-corrected chi connectivity index (χ4v) is 5.62. The number of nitrogens with zero attached hydrogens (tertiary/aromatic N) is 4. The number of benzene rings is 1. The van der Waals surface area contributed by atoms with Gasteiger partial charge in [-0.15, -0.1) is 0 Å². The van der Waals surface area contributed by atoms with Crippen molar-refractivity contribution in [1.29, 1.82) is 0 Å². The van der Waals surface area contributed by atoms with Crippen LogP contribution < -0.4 is 0 Å². The Morgan fingerprint density at radius 3 is 2.52 bits per heavy atom. The molecule has 0 aliphatic heterocycles. The zero-order valence-corrected chi connectivity index (χ0v) is 17.7. The van der Waals surface area contributed by atoms with E-state index in [1.807, 2.05) is 37.3 Å². The lowest BCUT2D eigenvalue weighted by molar-refractivity contribution is -0.129. The van der Waals surface area contributed by atoms with Gasteiger partial charge in [-0.25, -0.2) is 16.5 Å². The highest BCUT2D eigenvalue weighted by Gasteiger charge is 2.55. The Hall–Kier alpha value is -3.39. The molecule has 0 spiro atoms. The van der Waals surface area contributed by atoms with Crippen LogP contribution in [0.5, 0.6) is 0 Å². The zero-order chi connectivity index (χ0) is 21.6. The molecular formula is C26H24N4O. The molecule has 154 valence electrons. The average molecular weight is 409 g/mol. The van der Waals surface area contributed by atoms with Crippen LogP contribution >= 0.6 is 0 Å². The second-order valence-electron chi connectivity index (χ2n) is 8.93. The van der Waals surface area contributed by atoms with E-state index in [1.54, 1.807) is 12.4 Å². The van der Waals surface area contributed by atoms with Crippen molar-refractivity contribution in [1.82, 2.24) is 15.0 Å². The summed E-state index contributed by atoms with van der Waals surface area (Å²) < 4.78 is 0. The summed E-state index contributed by atoms with van der Waals surface area (Å²) in [7, 11) is 0. The van der Waals surface area contributed by atoms with Gasteiger partial charge in [-0.1, -0.05) is 44.2 Å². The van der Waals surface area contributed by atoms with Crippen LogP contribution in [0, 0.1) is 18.4 Å². The third-order valence-electron chi connectivity index (χ3n) is 7.21. The van der Waals surface area contributed by atoms with Crippen LogP contribution in [-0.2, 0) is 16.6 Å². The Labute approximate surface area is 182 Å². The molecule has 5 nitrogen and oxygen atoms in total. The molecule has 3 aromatic rings. The highest BCUT2D eigenvalue weighted by Crippen LogP contribution is 2.52. The van der Waals surface area contributed by atoms with Crippen molar-refractivity contribution in [3.05, 3.63) is 77.5 Å². The van der Waals surface area contributed by atoms with Crippen LogP contribution in [0.1, 0.15) is 37.9 Å². The fourth-order valence-electron chi connectivity index (χ4n) is 5.62. The van der Waals surface area contributed by atoms with Gasteiger partial charge in [0, 0.05) is 46.8 Å². The fraction of sp³-hybridized carbons (Fsp3) is 0.346. The van der Waals surface area contributed by atoms with Crippen LogP contribution in [0.2, 0.25) is 0 Å². The summed E-state index contributed by atoms with van der Waals surface area (Å²) in [6.07, 6.45) is 5.79. The van der Waals surface area contributed by atoms with E-state index in [-0.39, 0.29) is 23.0 Å². The predicted octanol–water partition coefficient (Wildman–Crippen LogP) is 4.92. The Balaban J connectivity index is 1.76. The third-order valence-corrected chi connectivity index (χ3v) is 7.21. The number of fused-ring (bicyclic) bond motifs is 3. The first-order valence-corrected chi connectivity index (χ1v) is 10.8. The van der Waals surface area contributed by atoms with Crippen molar-refractivity contribution in [2.24, 2.45) is 11.8 Å². The molecule has 31 heavy (non-hydrogen) atoms. The van der Waals surface area contributed by atoms with Crippen molar-refractivity contribution in [2.45, 2.75) is 44.6 Å². The lowest BCUT2D eigenvalue weighted by Crippen LogP contribution is -2.52. The summed E-state index contributed by atoms with van der Waals surface area (Å²) in [6.45, 7) is 11.8. The number of ketones is 1. The SMILES string of the molecule is [C-]#[N+]C1C[C@@]2(C)c3nc(-c4ccncc4)nc(-c4ccccc4)c3CC[C@@H]2[C@@H](C)C1=O. The second-order valence-corrected chi connectivity index (χ2v) is 8.93. The quantitative estimate of drug-likeness (QED) is 0.565. The molecule has 2 aliphatic rings. The van der Waals surface area contributed by atoms with E-state index in [4.69, 9.17) is 16.5 Å². The maximum atomic E-state index is 12.8. The number of carbonyl (C=O) groups is 1. The first kappa shape index (κ1) is 19.6. The van der Waals surface area contributed by atoms with Crippen molar-refractivity contribution in [3.8, 4) is 22.6 Å². The van der Waals surface area contributed by atoms with Gasteiger partial charge in [-0.05, 0) is 30.9 Å². The molecule has 0 N–H and O–H groups in total. The van der Waals surface area contributed by atoms with E-state index in [0.29, 0.717) is 12.2 Å². The minimum Gasteiger partial charge on any atom is -0.305 e. The highest BCUT2D eigenvalue weighted by atomic mass is 16.1. The van der Waals surface area contributed by atoms with Gasteiger partial charge in [0.2, 0.25) is 5.78 Å². The molecule has 2 aliphatic carbocycles. The second kappa shape index (κ2) is 7.39. The Kier molecular flexibility index (Phi) is 4.66. The first-order valence-electron chi connectivity index (χ1n) is 10.8.